The summed E-state index contributed by atoms with van der Waals surface area (Å²) in [7, 11) is 0. The average Bonchev–Trinajstić information content (AvgIpc) is 2.92. The van der Waals surface area contributed by atoms with Crippen molar-refractivity contribution < 1.29 is 29.4 Å². The maximum Gasteiger partial charge on any atom is 0.308 e. The van der Waals surface area contributed by atoms with Gasteiger partial charge in [-0.2, -0.15) is 0 Å². The topological polar surface area (TPSA) is 115 Å². The van der Waals surface area contributed by atoms with Gasteiger partial charge in [0.25, 0.3) is 0 Å². The fourth-order valence-corrected chi connectivity index (χ4v) is 2.68. The average molecular weight is 284 g/mol. The van der Waals surface area contributed by atoms with Crippen LogP contribution in [0.15, 0.2) is 0 Å². The van der Waals surface area contributed by atoms with E-state index in [9.17, 15) is 19.2 Å². The molecule has 20 heavy (non-hydrogen) atoms. The van der Waals surface area contributed by atoms with Crippen LogP contribution in [-0.4, -0.2) is 63.0 Å². The third-order valence-electron chi connectivity index (χ3n) is 3.92. The minimum atomic E-state index is -1.04. The number of nitrogens with zero attached hydrogens (tertiary/aromatic N) is 2. The van der Waals surface area contributed by atoms with Crippen LogP contribution in [-0.2, 0) is 19.2 Å². The van der Waals surface area contributed by atoms with Gasteiger partial charge in [-0.05, 0) is 6.92 Å². The maximum absolute atomic E-state index is 11.8. The Morgan fingerprint density at radius 2 is 1.35 bits per heavy atom. The molecule has 8 nitrogen and oxygen atoms in total. The van der Waals surface area contributed by atoms with Crippen molar-refractivity contribution in [3.05, 3.63) is 0 Å². The lowest BCUT2D eigenvalue weighted by Gasteiger charge is -2.32. The number of carbonyl (C=O) groups excluding carboxylic acids is 2. The SMILES string of the molecule is CC(N1CC(C(=O)O)CC1=O)N1CC(C(=O)O)CC1=O. The highest BCUT2D eigenvalue weighted by Gasteiger charge is 2.43. The lowest BCUT2D eigenvalue weighted by molar-refractivity contribution is -0.142. The molecule has 2 saturated heterocycles. The molecule has 0 aromatic heterocycles. The predicted octanol–water partition coefficient (Wildman–Crippen LogP) is -0.801. The zero-order valence-electron chi connectivity index (χ0n) is 11.0. The normalized spacial score (nSPS) is 28.1. The molecule has 0 aromatic carbocycles. The van der Waals surface area contributed by atoms with Crippen molar-refractivity contribution in [1.82, 2.24) is 9.80 Å². The Labute approximate surface area is 114 Å². The quantitative estimate of drug-likeness (QED) is 0.698. The zero-order chi connectivity index (χ0) is 15.0. The Kier molecular flexibility index (Phi) is 3.65. The molecule has 2 fully saturated rings. The van der Waals surface area contributed by atoms with E-state index in [0.717, 1.165) is 0 Å². The van der Waals surface area contributed by atoms with Gasteiger partial charge in [0.15, 0.2) is 0 Å². The monoisotopic (exact) mass is 284 g/mol. The zero-order valence-corrected chi connectivity index (χ0v) is 11.0. The lowest BCUT2D eigenvalue weighted by Crippen LogP contribution is -2.48. The molecule has 8 heteroatoms. The molecular weight excluding hydrogens is 268 g/mol. The fourth-order valence-electron chi connectivity index (χ4n) is 2.68. The van der Waals surface area contributed by atoms with Crippen molar-refractivity contribution in [1.29, 1.82) is 0 Å². The number of carbonyl (C=O) groups is 4. The molecule has 2 aliphatic heterocycles. The number of rotatable bonds is 4. The minimum Gasteiger partial charge on any atom is -0.481 e. The number of amides is 2. The molecule has 0 aromatic rings. The lowest BCUT2D eigenvalue weighted by atomic mass is 10.1. The van der Waals surface area contributed by atoms with Crippen LogP contribution in [0.4, 0.5) is 0 Å². The molecular formula is C12H16N2O6. The van der Waals surface area contributed by atoms with Crippen LogP contribution in [0.3, 0.4) is 0 Å². The molecule has 2 rings (SSSR count). The molecule has 0 saturated carbocycles. The first-order chi connectivity index (χ1) is 9.31. The summed E-state index contributed by atoms with van der Waals surface area (Å²) in [6.45, 7) is 1.72. The molecule has 110 valence electrons. The standard InChI is InChI=1S/C12H16N2O6/c1-6(13-4-7(11(17)18)2-9(13)15)14-5-8(12(19)20)3-10(14)16/h6-8H,2-5H2,1H3,(H,17,18)(H,19,20). The van der Waals surface area contributed by atoms with Gasteiger partial charge in [-0.15, -0.1) is 0 Å². The van der Waals surface area contributed by atoms with Crippen LogP contribution in [0.1, 0.15) is 19.8 Å². The Morgan fingerprint density at radius 3 is 1.60 bits per heavy atom. The minimum absolute atomic E-state index is 0.0524. The highest BCUT2D eigenvalue weighted by Crippen LogP contribution is 2.26. The van der Waals surface area contributed by atoms with E-state index in [1.54, 1.807) is 6.92 Å². The molecule has 0 bridgehead atoms. The number of hydrogen-bond acceptors (Lipinski definition) is 4. The Balaban J connectivity index is 2.06. The van der Waals surface area contributed by atoms with Gasteiger partial charge in [0.2, 0.25) is 11.8 Å². The highest BCUT2D eigenvalue weighted by molar-refractivity contribution is 5.88. The molecule has 0 spiro atoms. The molecule has 2 unspecified atom stereocenters. The molecule has 2 aliphatic rings. The highest BCUT2D eigenvalue weighted by atomic mass is 16.4. The van der Waals surface area contributed by atoms with E-state index in [1.165, 1.54) is 9.80 Å². The van der Waals surface area contributed by atoms with Crippen molar-refractivity contribution in [3.8, 4) is 0 Å². The van der Waals surface area contributed by atoms with E-state index >= 15 is 0 Å². The number of hydrogen-bond donors (Lipinski definition) is 2. The number of carboxylic acids is 2. The second-order valence-corrected chi connectivity index (χ2v) is 5.20. The molecule has 2 heterocycles. The molecule has 0 aliphatic carbocycles. The van der Waals surface area contributed by atoms with Gasteiger partial charge < -0.3 is 20.0 Å². The van der Waals surface area contributed by atoms with Gasteiger partial charge in [0.05, 0.1) is 11.8 Å². The van der Waals surface area contributed by atoms with Gasteiger partial charge in [0.1, 0.15) is 6.17 Å². The second kappa shape index (κ2) is 5.10. The number of likely N-dealkylation sites (tertiary alicyclic amines) is 2. The van der Waals surface area contributed by atoms with Gasteiger partial charge in [0, 0.05) is 25.9 Å². The second-order valence-electron chi connectivity index (χ2n) is 5.20. The first-order valence-electron chi connectivity index (χ1n) is 6.35. The van der Waals surface area contributed by atoms with Crippen molar-refractivity contribution in [2.24, 2.45) is 11.8 Å². The van der Waals surface area contributed by atoms with Crippen LogP contribution < -0.4 is 0 Å². The third kappa shape index (κ3) is 2.45. The largest absolute Gasteiger partial charge is 0.481 e. The smallest absolute Gasteiger partial charge is 0.308 e. The summed E-state index contributed by atoms with van der Waals surface area (Å²) in [5.41, 5.74) is 0. The fraction of sp³-hybridized carbons (Fsp3) is 0.667. The molecule has 0 radical (unpaired) electrons. The van der Waals surface area contributed by atoms with Gasteiger partial charge >= 0.3 is 11.9 Å². The first-order valence-corrected chi connectivity index (χ1v) is 6.35. The van der Waals surface area contributed by atoms with Crippen LogP contribution in [0, 0.1) is 11.8 Å². The number of aliphatic carboxylic acids is 2. The van der Waals surface area contributed by atoms with Crippen LogP contribution >= 0.6 is 0 Å². The summed E-state index contributed by atoms with van der Waals surface area (Å²) >= 11 is 0. The van der Waals surface area contributed by atoms with Crippen molar-refractivity contribution in [2.45, 2.75) is 25.9 Å². The Hall–Kier alpha value is -2.12. The van der Waals surface area contributed by atoms with Gasteiger partial charge in [-0.3, -0.25) is 19.2 Å². The molecule has 2 N–H and O–H groups in total. The van der Waals surface area contributed by atoms with E-state index < -0.39 is 29.9 Å². The summed E-state index contributed by atoms with van der Waals surface area (Å²) in [5, 5.41) is 17.9. The summed E-state index contributed by atoms with van der Waals surface area (Å²) in [6.07, 6.45) is -0.766. The van der Waals surface area contributed by atoms with Crippen LogP contribution in [0.2, 0.25) is 0 Å². The molecule has 2 amide bonds. The summed E-state index contributed by atoms with van der Waals surface area (Å²) in [4.78, 5) is 48.1. The maximum atomic E-state index is 11.8. The Bertz CT molecular complexity index is 435. The van der Waals surface area contributed by atoms with E-state index in [2.05, 4.69) is 0 Å². The third-order valence-corrected chi connectivity index (χ3v) is 3.92. The van der Waals surface area contributed by atoms with E-state index in [0.29, 0.717) is 0 Å². The van der Waals surface area contributed by atoms with Crippen molar-refractivity contribution in [2.75, 3.05) is 13.1 Å². The van der Waals surface area contributed by atoms with Crippen molar-refractivity contribution >= 4 is 23.8 Å². The van der Waals surface area contributed by atoms with E-state index in [1.807, 2.05) is 0 Å². The van der Waals surface area contributed by atoms with E-state index in [4.69, 9.17) is 10.2 Å². The first kappa shape index (κ1) is 14.3. The predicted molar refractivity (Wildman–Crippen MR) is 64.4 cm³/mol. The number of carboxylic acid groups (broad SMARTS) is 2. The van der Waals surface area contributed by atoms with Gasteiger partial charge in [-0.25, -0.2) is 0 Å². The summed E-state index contributed by atoms with van der Waals surface area (Å²) in [5.74, 6) is -4.25. The summed E-state index contributed by atoms with van der Waals surface area (Å²) < 4.78 is 0. The van der Waals surface area contributed by atoms with E-state index in [-0.39, 0.29) is 37.7 Å². The van der Waals surface area contributed by atoms with Crippen molar-refractivity contribution in [3.63, 3.8) is 0 Å². The Morgan fingerprint density at radius 1 is 1.00 bits per heavy atom. The van der Waals surface area contributed by atoms with Crippen LogP contribution in [0.5, 0.6) is 0 Å². The summed E-state index contributed by atoms with van der Waals surface area (Å²) in [6, 6.07) is 0. The molecule has 2 atom stereocenters. The van der Waals surface area contributed by atoms with Crippen LogP contribution in [0.25, 0.3) is 0 Å². The van der Waals surface area contributed by atoms with Gasteiger partial charge in [-0.1, -0.05) is 0 Å².